The Morgan fingerprint density at radius 3 is 2.48 bits per heavy atom. The van der Waals surface area contributed by atoms with E-state index in [9.17, 15) is 0 Å². The second-order valence-electron chi connectivity index (χ2n) is 7.02. The van der Waals surface area contributed by atoms with Crippen molar-refractivity contribution >= 4 is 11.3 Å². The van der Waals surface area contributed by atoms with Crippen molar-refractivity contribution in [2.24, 2.45) is 0 Å². The van der Waals surface area contributed by atoms with Crippen LogP contribution in [0.2, 0.25) is 0 Å². The minimum atomic E-state index is 0.239. The lowest BCUT2D eigenvalue weighted by Gasteiger charge is -2.38. The highest BCUT2D eigenvalue weighted by Gasteiger charge is 2.31. The Balaban J connectivity index is 1.48. The van der Waals surface area contributed by atoms with Crippen molar-refractivity contribution in [2.75, 3.05) is 6.54 Å². The lowest BCUT2D eigenvalue weighted by Crippen LogP contribution is -2.45. The fourth-order valence-corrected chi connectivity index (χ4v) is 3.90. The molecule has 3 rings (SSSR count). The molecule has 0 saturated heterocycles. The second-order valence-corrected chi connectivity index (χ2v) is 7.97. The molecule has 0 bridgehead atoms. The van der Waals surface area contributed by atoms with Gasteiger partial charge in [-0.1, -0.05) is 49.7 Å². The average molecular weight is 299 g/mol. The summed E-state index contributed by atoms with van der Waals surface area (Å²) in [6.45, 7) is 7.89. The molecule has 1 saturated carbocycles. The monoisotopic (exact) mass is 299 g/mol. The second kappa shape index (κ2) is 5.94. The molecule has 1 aliphatic rings. The molecule has 1 nitrogen and oxygen atoms in total. The Morgan fingerprint density at radius 2 is 1.86 bits per heavy atom. The van der Waals surface area contributed by atoms with Crippen molar-refractivity contribution in [1.82, 2.24) is 5.32 Å². The molecule has 0 radical (unpaired) electrons. The average Bonchev–Trinajstić information content (AvgIpc) is 2.93. The van der Waals surface area contributed by atoms with Gasteiger partial charge in [0.05, 0.1) is 0 Å². The first-order valence-electron chi connectivity index (χ1n) is 7.88. The molecule has 112 valence electrons. The summed E-state index contributed by atoms with van der Waals surface area (Å²) in [6.07, 6.45) is 2.56. The Hall–Kier alpha value is -1.12. The lowest BCUT2D eigenvalue weighted by molar-refractivity contribution is 0.273. The van der Waals surface area contributed by atoms with Crippen LogP contribution in [0.4, 0.5) is 0 Å². The van der Waals surface area contributed by atoms with E-state index >= 15 is 0 Å². The Labute approximate surface area is 132 Å². The third-order valence-corrected chi connectivity index (χ3v) is 5.94. The number of thiophene rings is 1. The quantitative estimate of drug-likeness (QED) is 0.830. The molecule has 1 fully saturated rings. The van der Waals surface area contributed by atoms with Crippen molar-refractivity contribution in [3.8, 4) is 0 Å². The summed E-state index contributed by atoms with van der Waals surface area (Å²) in [5, 5.41) is 5.94. The van der Waals surface area contributed by atoms with Gasteiger partial charge in [-0.3, -0.25) is 0 Å². The molecule has 1 heterocycles. The molecule has 2 heteroatoms. The highest BCUT2D eigenvalue weighted by molar-refractivity contribution is 7.10. The van der Waals surface area contributed by atoms with E-state index < -0.39 is 0 Å². The van der Waals surface area contributed by atoms with Gasteiger partial charge in [-0.25, -0.2) is 0 Å². The number of benzene rings is 1. The zero-order valence-electron chi connectivity index (χ0n) is 13.2. The fourth-order valence-electron chi connectivity index (χ4n) is 3.05. The summed E-state index contributed by atoms with van der Waals surface area (Å²) in [7, 11) is 0. The minimum absolute atomic E-state index is 0.239. The third-order valence-electron chi connectivity index (χ3n) is 4.71. The van der Waals surface area contributed by atoms with E-state index in [1.807, 2.05) is 11.3 Å². The van der Waals surface area contributed by atoms with Gasteiger partial charge in [0.15, 0.2) is 0 Å². The third kappa shape index (κ3) is 3.38. The van der Waals surface area contributed by atoms with Crippen molar-refractivity contribution in [3.63, 3.8) is 0 Å². The van der Waals surface area contributed by atoms with Crippen LogP contribution in [0.3, 0.4) is 0 Å². The minimum Gasteiger partial charge on any atom is -0.313 e. The fraction of sp³-hybridized carbons (Fsp3) is 0.474. The molecule has 1 aromatic carbocycles. The molecule has 0 spiro atoms. The van der Waals surface area contributed by atoms with Crippen molar-refractivity contribution in [1.29, 1.82) is 0 Å². The molecular formula is C19H25NS. The summed E-state index contributed by atoms with van der Waals surface area (Å²) in [6, 6.07) is 14.2. The molecule has 2 aromatic rings. The SMILES string of the molecule is Cc1ccc(C2CC(NCC(C)(C)c3cccs3)C2)cc1. The summed E-state index contributed by atoms with van der Waals surface area (Å²) in [4.78, 5) is 1.48. The predicted octanol–water partition coefficient (Wildman–Crippen LogP) is 4.87. The maximum absolute atomic E-state index is 3.77. The standard InChI is InChI=1S/C19H25NS/c1-14-6-8-15(9-7-14)16-11-17(12-16)20-13-19(2,3)18-5-4-10-21-18/h4-10,16-17,20H,11-13H2,1-3H3. The van der Waals surface area contributed by atoms with E-state index in [0.717, 1.165) is 12.5 Å². The number of aryl methyl sites for hydroxylation is 1. The van der Waals surface area contributed by atoms with Crippen LogP contribution in [0.5, 0.6) is 0 Å². The van der Waals surface area contributed by atoms with Crippen LogP contribution in [-0.4, -0.2) is 12.6 Å². The van der Waals surface area contributed by atoms with Crippen LogP contribution < -0.4 is 5.32 Å². The maximum atomic E-state index is 3.77. The van der Waals surface area contributed by atoms with Crippen LogP contribution in [0.25, 0.3) is 0 Å². The molecule has 0 amide bonds. The maximum Gasteiger partial charge on any atom is 0.0115 e. The normalized spacial score (nSPS) is 22.0. The Kier molecular flexibility index (Phi) is 4.19. The molecule has 1 aliphatic carbocycles. The first kappa shape index (κ1) is 14.8. The highest BCUT2D eigenvalue weighted by atomic mass is 32.1. The van der Waals surface area contributed by atoms with E-state index in [-0.39, 0.29) is 5.41 Å². The van der Waals surface area contributed by atoms with Crippen LogP contribution >= 0.6 is 11.3 Å². The molecule has 0 atom stereocenters. The zero-order chi connectivity index (χ0) is 14.9. The zero-order valence-corrected chi connectivity index (χ0v) is 14.0. The van der Waals surface area contributed by atoms with Crippen LogP contribution in [-0.2, 0) is 5.41 Å². The largest absolute Gasteiger partial charge is 0.313 e. The summed E-state index contributed by atoms with van der Waals surface area (Å²) >= 11 is 1.87. The number of hydrogen-bond acceptors (Lipinski definition) is 2. The number of rotatable bonds is 5. The first-order valence-corrected chi connectivity index (χ1v) is 8.76. The van der Waals surface area contributed by atoms with Gasteiger partial charge in [0, 0.05) is 22.9 Å². The van der Waals surface area contributed by atoms with E-state index in [1.165, 1.54) is 28.8 Å². The lowest BCUT2D eigenvalue weighted by atomic mass is 9.75. The van der Waals surface area contributed by atoms with E-state index in [1.54, 1.807) is 0 Å². The van der Waals surface area contributed by atoms with Gasteiger partial charge in [0.1, 0.15) is 0 Å². The number of nitrogens with one attached hydrogen (secondary N) is 1. The van der Waals surface area contributed by atoms with Crippen molar-refractivity contribution in [2.45, 2.75) is 51.0 Å². The van der Waals surface area contributed by atoms with E-state index in [0.29, 0.717) is 6.04 Å². The molecule has 0 unspecified atom stereocenters. The summed E-state index contributed by atoms with van der Waals surface area (Å²) < 4.78 is 0. The van der Waals surface area contributed by atoms with Gasteiger partial charge in [-0.05, 0) is 42.7 Å². The van der Waals surface area contributed by atoms with Crippen LogP contribution in [0.15, 0.2) is 41.8 Å². The van der Waals surface area contributed by atoms with Crippen LogP contribution in [0, 0.1) is 6.92 Å². The van der Waals surface area contributed by atoms with Gasteiger partial charge >= 0.3 is 0 Å². The van der Waals surface area contributed by atoms with Gasteiger partial charge < -0.3 is 5.32 Å². The van der Waals surface area contributed by atoms with Crippen molar-refractivity contribution < 1.29 is 0 Å². The molecule has 1 N–H and O–H groups in total. The van der Waals surface area contributed by atoms with Gasteiger partial charge in [0.2, 0.25) is 0 Å². The summed E-state index contributed by atoms with van der Waals surface area (Å²) in [5.74, 6) is 0.757. The Morgan fingerprint density at radius 1 is 1.14 bits per heavy atom. The molecular weight excluding hydrogens is 274 g/mol. The van der Waals surface area contributed by atoms with Gasteiger partial charge in [-0.15, -0.1) is 11.3 Å². The van der Waals surface area contributed by atoms with Crippen molar-refractivity contribution in [3.05, 3.63) is 57.8 Å². The van der Waals surface area contributed by atoms with Crippen LogP contribution in [0.1, 0.15) is 48.6 Å². The van der Waals surface area contributed by atoms with E-state index in [4.69, 9.17) is 0 Å². The predicted molar refractivity (Wildman–Crippen MR) is 92.3 cm³/mol. The van der Waals surface area contributed by atoms with E-state index in [2.05, 4.69) is 67.9 Å². The highest BCUT2D eigenvalue weighted by Crippen LogP contribution is 2.37. The molecule has 21 heavy (non-hydrogen) atoms. The Bertz CT molecular complexity index is 562. The molecule has 1 aromatic heterocycles. The molecule has 0 aliphatic heterocycles. The van der Waals surface area contributed by atoms with Gasteiger partial charge in [-0.2, -0.15) is 0 Å². The number of hydrogen-bond donors (Lipinski definition) is 1. The summed E-state index contributed by atoms with van der Waals surface area (Å²) in [5.41, 5.74) is 3.10. The topological polar surface area (TPSA) is 12.0 Å². The van der Waals surface area contributed by atoms with Gasteiger partial charge in [0.25, 0.3) is 0 Å². The smallest absolute Gasteiger partial charge is 0.0115 e. The first-order chi connectivity index (χ1) is 10.0.